The summed E-state index contributed by atoms with van der Waals surface area (Å²) in [5.41, 5.74) is -0.101. The number of likely N-dealkylation sites (N-methyl/N-ethyl adjacent to an activating group) is 1. The fraction of sp³-hybridized carbons (Fsp3) is 0.385. The van der Waals surface area contributed by atoms with E-state index in [1.54, 1.807) is 0 Å². The van der Waals surface area contributed by atoms with E-state index < -0.39 is 11.8 Å². The van der Waals surface area contributed by atoms with Crippen LogP contribution in [0.1, 0.15) is 10.4 Å². The fourth-order valence-corrected chi connectivity index (χ4v) is 2.22. The van der Waals surface area contributed by atoms with Gasteiger partial charge in [0.15, 0.2) is 11.5 Å². The fourth-order valence-electron chi connectivity index (χ4n) is 2.01. The Morgan fingerprint density at radius 1 is 1.40 bits per heavy atom. The van der Waals surface area contributed by atoms with Crippen LogP contribution in [0.5, 0.6) is 11.5 Å². The molecule has 1 heterocycles. The Kier molecular flexibility index (Phi) is 4.15. The number of halogens is 1. The zero-order valence-corrected chi connectivity index (χ0v) is 11.8. The summed E-state index contributed by atoms with van der Waals surface area (Å²) in [5, 5.41) is 9.08. The van der Waals surface area contributed by atoms with Gasteiger partial charge >= 0.3 is 5.97 Å². The summed E-state index contributed by atoms with van der Waals surface area (Å²) in [4.78, 5) is 24.7. The number of Topliss-reactive ketones (excluding diaryl/α,β-unsaturated/α-hetero) is 1. The zero-order chi connectivity index (χ0) is 14.9. The summed E-state index contributed by atoms with van der Waals surface area (Å²) in [6, 6.07) is 2.76. The predicted molar refractivity (Wildman–Crippen MR) is 71.9 cm³/mol. The summed E-state index contributed by atoms with van der Waals surface area (Å²) in [6.07, 6.45) is -0.101. The number of carboxylic acid groups (broad SMARTS) is 1. The van der Waals surface area contributed by atoms with Gasteiger partial charge in [-0.05, 0) is 13.1 Å². The summed E-state index contributed by atoms with van der Waals surface area (Å²) < 4.78 is 10.8. The topological polar surface area (TPSA) is 76.1 Å². The second-order valence-electron chi connectivity index (χ2n) is 4.58. The van der Waals surface area contributed by atoms with E-state index in [0.717, 1.165) is 0 Å². The highest BCUT2D eigenvalue weighted by atomic mass is 35.5. The van der Waals surface area contributed by atoms with Crippen molar-refractivity contribution in [3.05, 3.63) is 22.7 Å². The lowest BCUT2D eigenvalue weighted by molar-refractivity contribution is -0.131. The molecule has 1 aromatic carbocycles. The normalized spacial score (nSPS) is 15.6. The number of aliphatic carboxylic acids is 1. The van der Waals surface area contributed by atoms with E-state index in [1.165, 1.54) is 19.2 Å². The van der Waals surface area contributed by atoms with Crippen molar-refractivity contribution >= 4 is 23.4 Å². The van der Waals surface area contributed by atoms with Gasteiger partial charge in [0, 0.05) is 24.2 Å². The highest BCUT2D eigenvalue weighted by Gasteiger charge is 2.30. The van der Waals surface area contributed by atoms with Crippen molar-refractivity contribution in [1.82, 2.24) is 4.90 Å². The van der Waals surface area contributed by atoms with E-state index in [1.807, 2.05) is 11.9 Å². The van der Waals surface area contributed by atoms with Crippen LogP contribution in [0.15, 0.2) is 12.1 Å². The van der Waals surface area contributed by atoms with Gasteiger partial charge < -0.3 is 14.6 Å². The van der Waals surface area contributed by atoms with Crippen molar-refractivity contribution in [2.45, 2.75) is 6.10 Å². The molecule has 1 aliphatic heterocycles. The predicted octanol–water partition coefficient (Wildman–Crippen LogP) is 1.31. The van der Waals surface area contributed by atoms with E-state index in [9.17, 15) is 9.59 Å². The maximum absolute atomic E-state index is 11.7. The van der Waals surface area contributed by atoms with Crippen LogP contribution in [0.4, 0.5) is 0 Å². The van der Waals surface area contributed by atoms with Gasteiger partial charge in [-0.3, -0.25) is 9.69 Å². The second kappa shape index (κ2) is 5.68. The van der Waals surface area contributed by atoms with Crippen LogP contribution < -0.4 is 9.47 Å². The minimum absolute atomic E-state index is 0.101. The Morgan fingerprint density at radius 3 is 2.55 bits per heavy atom. The highest BCUT2D eigenvalue weighted by Crippen LogP contribution is 2.36. The van der Waals surface area contributed by atoms with Crippen molar-refractivity contribution in [2.75, 3.05) is 27.2 Å². The summed E-state index contributed by atoms with van der Waals surface area (Å²) >= 11 is 5.87. The van der Waals surface area contributed by atoms with Crippen LogP contribution in [-0.4, -0.2) is 55.1 Å². The minimum Gasteiger partial charge on any atom is -0.493 e. The number of ether oxygens (including phenoxy) is 2. The molecule has 0 saturated carbocycles. The molecule has 1 N–H and O–H groups in total. The Morgan fingerprint density at radius 2 is 2.05 bits per heavy atom. The SMILES string of the molecule is COc1cc(Cl)cc(C(=O)C(=O)O)c1OC1CN(C)C1. The van der Waals surface area contributed by atoms with E-state index >= 15 is 0 Å². The molecule has 7 heteroatoms. The first-order chi connectivity index (χ1) is 9.42. The molecule has 0 bridgehead atoms. The van der Waals surface area contributed by atoms with Crippen molar-refractivity contribution in [3.8, 4) is 11.5 Å². The third-order valence-corrected chi connectivity index (χ3v) is 3.21. The molecular weight excluding hydrogens is 286 g/mol. The second-order valence-corrected chi connectivity index (χ2v) is 5.02. The number of rotatable bonds is 5. The van der Waals surface area contributed by atoms with Gasteiger partial charge in [0.25, 0.3) is 5.78 Å². The Labute approximate surface area is 120 Å². The number of carbonyl (C=O) groups is 2. The third kappa shape index (κ3) is 2.86. The molecule has 0 atom stereocenters. The largest absolute Gasteiger partial charge is 0.493 e. The monoisotopic (exact) mass is 299 g/mol. The lowest BCUT2D eigenvalue weighted by Gasteiger charge is -2.36. The molecule has 1 aromatic rings. The summed E-state index contributed by atoms with van der Waals surface area (Å²) in [7, 11) is 3.34. The summed E-state index contributed by atoms with van der Waals surface area (Å²) in [5.74, 6) is -2.27. The van der Waals surface area contributed by atoms with Crippen molar-refractivity contribution in [1.29, 1.82) is 0 Å². The zero-order valence-electron chi connectivity index (χ0n) is 11.1. The van der Waals surface area contributed by atoms with Crippen LogP contribution >= 0.6 is 11.6 Å². The molecular formula is C13H14ClNO5. The first-order valence-corrected chi connectivity index (χ1v) is 6.30. The molecule has 6 nitrogen and oxygen atoms in total. The number of hydrogen-bond donors (Lipinski definition) is 1. The van der Waals surface area contributed by atoms with E-state index in [4.69, 9.17) is 26.2 Å². The van der Waals surface area contributed by atoms with Crippen LogP contribution in [0, 0.1) is 0 Å². The lowest BCUT2D eigenvalue weighted by Crippen LogP contribution is -2.51. The quantitative estimate of drug-likeness (QED) is 0.652. The Balaban J connectivity index is 2.39. The average molecular weight is 300 g/mol. The van der Waals surface area contributed by atoms with Gasteiger partial charge in [-0.2, -0.15) is 0 Å². The van der Waals surface area contributed by atoms with Gasteiger partial charge in [0.05, 0.1) is 12.7 Å². The van der Waals surface area contributed by atoms with Crippen molar-refractivity contribution in [3.63, 3.8) is 0 Å². The van der Waals surface area contributed by atoms with Gasteiger partial charge in [0.1, 0.15) is 6.10 Å². The number of nitrogens with zero attached hydrogens (tertiary/aromatic N) is 1. The first kappa shape index (κ1) is 14.6. The van der Waals surface area contributed by atoms with Gasteiger partial charge in [-0.1, -0.05) is 11.6 Å². The first-order valence-electron chi connectivity index (χ1n) is 5.92. The van der Waals surface area contributed by atoms with E-state index in [0.29, 0.717) is 13.1 Å². The van der Waals surface area contributed by atoms with Crippen LogP contribution in [-0.2, 0) is 4.79 Å². The molecule has 108 valence electrons. The molecule has 0 radical (unpaired) electrons. The van der Waals surface area contributed by atoms with Gasteiger partial charge in [-0.15, -0.1) is 0 Å². The number of carboxylic acids is 1. The number of likely N-dealkylation sites (tertiary alicyclic amines) is 1. The molecule has 0 aliphatic carbocycles. The standard InChI is InChI=1S/C13H14ClNO5/c1-15-5-8(6-15)20-12-9(11(16)13(17)18)3-7(14)4-10(12)19-2/h3-4,8H,5-6H2,1-2H3,(H,17,18). The molecule has 0 spiro atoms. The molecule has 2 rings (SSSR count). The number of methoxy groups -OCH3 is 1. The maximum atomic E-state index is 11.7. The number of carbonyl (C=O) groups excluding carboxylic acids is 1. The average Bonchev–Trinajstić information content (AvgIpc) is 2.36. The minimum atomic E-state index is -1.56. The molecule has 0 unspecified atom stereocenters. The smallest absolute Gasteiger partial charge is 0.377 e. The lowest BCUT2D eigenvalue weighted by atomic mass is 10.1. The van der Waals surface area contributed by atoms with Gasteiger partial charge in [0.2, 0.25) is 0 Å². The number of hydrogen-bond acceptors (Lipinski definition) is 5. The molecule has 0 aromatic heterocycles. The number of ketones is 1. The van der Waals surface area contributed by atoms with Crippen LogP contribution in [0.25, 0.3) is 0 Å². The molecule has 20 heavy (non-hydrogen) atoms. The van der Waals surface area contributed by atoms with E-state index in [-0.39, 0.29) is 28.2 Å². The molecule has 1 aliphatic rings. The molecule has 1 fully saturated rings. The molecule has 1 saturated heterocycles. The van der Waals surface area contributed by atoms with Crippen molar-refractivity contribution < 1.29 is 24.2 Å². The Bertz CT molecular complexity index is 554. The van der Waals surface area contributed by atoms with Gasteiger partial charge in [-0.25, -0.2) is 4.79 Å². The Hall–Kier alpha value is -1.79. The molecule has 0 amide bonds. The highest BCUT2D eigenvalue weighted by molar-refractivity contribution is 6.41. The van der Waals surface area contributed by atoms with E-state index in [2.05, 4.69) is 0 Å². The number of benzene rings is 1. The third-order valence-electron chi connectivity index (χ3n) is 2.99. The summed E-state index contributed by atoms with van der Waals surface area (Å²) in [6.45, 7) is 1.40. The van der Waals surface area contributed by atoms with Crippen LogP contribution in [0.2, 0.25) is 5.02 Å². The van der Waals surface area contributed by atoms with Crippen molar-refractivity contribution in [2.24, 2.45) is 0 Å². The maximum Gasteiger partial charge on any atom is 0.377 e. The van der Waals surface area contributed by atoms with Crippen LogP contribution in [0.3, 0.4) is 0 Å².